The fourth-order valence-electron chi connectivity index (χ4n) is 1.02. The van der Waals surface area contributed by atoms with Gasteiger partial charge in [0.15, 0.2) is 0 Å². The summed E-state index contributed by atoms with van der Waals surface area (Å²) in [6.07, 6.45) is 3.10. The lowest BCUT2D eigenvalue weighted by atomic mass is 10.1. The van der Waals surface area contributed by atoms with Crippen molar-refractivity contribution in [1.82, 2.24) is 5.32 Å². The number of rotatable bonds is 6. The SMILES string of the molecule is CCC(Br)C(=O)NCCCC(C)C. The number of carbonyl (C=O) groups excluding carboxylic acids is 1. The Morgan fingerprint density at radius 3 is 2.54 bits per heavy atom. The largest absolute Gasteiger partial charge is 0.355 e. The second-order valence-electron chi connectivity index (χ2n) is 3.70. The molecule has 0 aromatic carbocycles. The molecule has 2 nitrogen and oxygen atoms in total. The molecule has 0 aliphatic heterocycles. The van der Waals surface area contributed by atoms with Crippen molar-refractivity contribution >= 4 is 21.8 Å². The summed E-state index contributed by atoms with van der Waals surface area (Å²) < 4.78 is 0. The van der Waals surface area contributed by atoms with Crippen LogP contribution in [-0.2, 0) is 4.79 Å². The monoisotopic (exact) mass is 249 g/mol. The second kappa shape index (κ2) is 7.36. The van der Waals surface area contributed by atoms with Gasteiger partial charge in [-0.15, -0.1) is 0 Å². The zero-order valence-corrected chi connectivity index (χ0v) is 10.4. The zero-order chi connectivity index (χ0) is 10.3. The highest BCUT2D eigenvalue weighted by Crippen LogP contribution is 2.05. The average molecular weight is 250 g/mol. The Kier molecular flexibility index (Phi) is 7.33. The highest BCUT2D eigenvalue weighted by molar-refractivity contribution is 9.10. The Morgan fingerprint density at radius 2 is 2.08 bits per heavy atom. The van der Waals surface area contributed by atoms with Crippen LogP contribution in [0.5, 0.6) is 0 Å². The van der Waals surface area contributed by atoms with Gasteiger partial charge in [0.2, 0.25) is 5.91 Å². The van der Waals surface area contributed by atoms with Gasteiger partial charge in [0.05, 0.1) is 4.83 Å². The number of nitrogens with one attached hydrogen (secondary N) is 1. The molecule has 0 radical (unpaired) electrons. The van der Waals surface area contributed by atoms with E-state index in [1.807, 2.05) is 6.92 Å². The van der Waals surface area contributed by atoms with Gasteiger partial charge in [-0.05, 0) is 25.2 Å². The molecule has 0 fully saturated rings. The van der Waals surface area contributed by atoms with E-state index in [4.69, 9.17) is 0 Å². The quantitative estimate of drug-likeness (QED) is 0.570. The molecule has 0 saturated heterocycles. The van der Waals surface area contributed by atoms with Crippen molar-refractivity contribution in [2.45, 2.75) is 44.9 Å². The molecule has 3 heteroatoms. The van der Waals surface area contributed by atoms with Crippen molar-refractivity contribution in [2.24, 2.45) is 5.92 Å². The lowest BCUT2D eigenvalue weighted by Gasteiger charge is -2.09. The predicted octanol–water partition coefficient (Wildman–Crippen LogP) is 2.71. The van der Waals surface area contributed by atoms with Crippen LogP contribution in [0.15, 0.2) is 0 Å². The summed E-state index contributed by atoms with van der Waals surface area (Å²) >= 11 is 3.31. The lowest BCUT2D eigenvalue weighted by Crippen LogP contribution is -2.31. The van der Waals surface area contributed by atoms with E-state index < -0.39 is 0 Å². The van der Waals surface area contributed by atoms with Gasteiger partial charge in [-0.3, -0.25) is 4.79 Å². The van der Waals surface area contributed by atoms with Gasteiger partial charge < -0.3 is 5.32 Å². The van der Waals surface area contributed by atoms with Gasteiger partial charge in [-0.1, -0.05) is 36.7 Å². The molecule has 78 valence electrons. The maximum absolute atomic E-state index is 11.3. The Bertz CT molecular complexity index is 148. The van der Waals surface area contributed by atoms with E-state index in [0.29, 0.717) is 0 Å². The second-order valence-corrected chi connectivity index (χ2v) is 4.81. The molecule has 13 heavy (non-hydrogen) atoms. The number of amides is 1. The van der Waals surface area contributed by atoms with E-state index in [1.165, 1.54) is 6.42 Å². The average Bonchev–Trinajstić information content (AvgIpc) is 2.10. The molecule has 0 heterocycles. The molecule has 0 aliphatic carbocycles. The van der Waals surface area contributed by atoms with E-state index in [9.17, 15) is 4.79 Å². The molecule has 0 aromatic heterocycles. The van der Waals surface area contributed by atoms with Gasteiger partial charge >= 0.3 is 0 Å². The molecule has 0 aromatic rings. The van der Waals surface area contributed by atoms with Crippen LogP contribution in [0.1, 0.15) is 40.0 Å². The number of halogens is 1. The third kappa shape index (κ3) is 7.05. The first-order valence-electron chi connectivity index (χ1n) is 4.99. The third-order valence-corrected chi connectivity index (χ3v) is 2.96. The van der Waals surface area contributed by atoms with Crippen molar-refractivity contribution in [3.8, 4) is 0 Å². The highest BCUT2D eigenvalue weighted by Gasteiger charge is 2.10. The lowest BCUT2D eigenvalue weighted by molar-refractivity contribution is -0.120. The van der Waals surface area contributed by atoms with Crippen LogP contribution in [0.2, 0.25) is 0 Å². The minimum Gasteiger partial charge on any atom is -0.355 e. The minimum absolute atomic E-state index is 0.0217. The molecule has 1 amide bonds. The van der Waals surface area contributed by atoms with Gasteiger partial charge in [0.1, 0.15) is 0 Å². The Balaban J connectivity index is 3.37. The van der Waals surface area contributed by atoms with E-state index in [-0.39, 0.29) is 10.7 Å². The summed E-state index contributed by atoms with van der Waals surface area (Å²) in [5, 5.41) is 2.90. The first-order valence-corrected chi connectivity index (χ1v) is 5.91. The van der Waals surface area contributed by atoms with Crippen molar-refractivity contribution in [3.63, 3.8) is 0 Å². The molecule has 0 saturated carbocycles. The maximum Gasteiger partial charge on any atom is 0.233 e. The molecule has 0 spiro atoms. The fraction of sp³-hybridized carbons (Fsp3) is 0.900. The van der Waals surface area contributed by atoms with Gasteiger partial charge in [0, 0.05) is 6.54 Å². The van der Waals surface area contributed by atoms with Gasteiger partial charge in [-0.2, -0.15) is 0 Å². The maximum atomic E-state index is 11.3. The van der Waals surface area contributed by atoms with Gasteiger partial charge in [-0.25, -0.2) is 0 Å². The summed E-state index contributed by atoms with van der Waals surface area (Å²) in [6.45, 7) is 7.19. The number of alkyl halides is 1. The van der Waals surface area contributed by atoms with Crippen molar-refractivity contribution < 1.29 is 4.79 Å². The molecule has 1 atom stereocenters. The van der Waals surface area contributed by atoms with Crippen LogP contribution >= 0.6 is 15.9 Å². The number of hydrogen-bond acceptors (Lipinski definition) is 1. The summed E-state index contributed by atoms with van der Waals surface area (Å²) in [7, 11) is 0. The highest BCUT2D eigenvalue weighted by atomic mass is 79.9. The minimum atomic E-state index is -0.0217. The standard InChI is InChI=1S/C10H20BrNO/c1-4-9(11)10(13)12-7-5-6-8(2)3/h8-9H,4-7H2,1-3H3,(H,12,13). The fourth-order valence-corrected chi connectivity index (χ4v) is 1.18. The van der Waals surface area contributed by atoms with Crippen LogP contribution in [0.25, 0.3) is 0 Å². The smallest absolute Gasteiger partial charge is 0.233 e. The summed E-state index contributed by atoms with van der Waals surface area (Å²) in [4.78, 5) is 11.2. The van der Waals surface area contributed by atoms with Crippen LogP contribution in [0.3, 0.4) is 0 Å². The molecule has 0 aliphatic rings. The van der Waals surface area contributed by atoms with Crippen LogP contribution in [0.4, 0.5) is 0 Å². The number of hydrogen-bond donors (Lipinski definition) is 1. The van der Waals surface area contributed by atoms with E-state index in [2.05, 4.69) is 35.1 Å². The third-order valence-electron chi connectivity index (χ3n) is 1.90. The van der Waals surface area contributed by atoms with Gasteiger partial charge in [0.25, 0.3) is 0 Å². The Morgan fingerprint density at radius 1 is 1.46 bits per heavy atom. The molecule has 1 N–H and O–H groups in total. The van der Waals surface area contributed by atoms with Crippen LogP contribution in [-0.4, -0.2) is 17.3 Å². The molecule has 0 bridgehead atoms. The van der Waals surface area contributed by atoms with E-state index >= 15 is 0 Å². The molecule has 0 rings (SSSR count). The molecular weight excluding hydrogens is 230 g/mol. The molecular formula is C10H20BrNO. The summed E-state index contributed by atoms with van der Waals surface area (Å²) in [5.41, 5.74) is 0. The number of carbonyl (C=O) groups is 1. The van der Waals surface area contributed by atoms with Crippen molar-refractivity contribution in [1.29, 1.82) is 0 Å². The van der Waals surface area contributed by atoms with Crippen LogP contribution < -0.4 is 5.32 Å². The Hall–Kier alpha value is -0.0500. The van der Waals surface area contributed by atoms with E-state index in [0.717, 1.165) is 25.3 Å². The first-order chi connectivity index (χ1) is 6.07. The summed E-state index contributed by atoms with van der Waals surface area (Å²) in [5.74, 6) is 0.842. The molecule has 1 unspecified atom stereocenters. The predicted molar refractivity (Wildman–Crippen MR) is 60.1 cm³/mol. The van der Waals surface area contributed by atoms with Crippen LogP contribution in [0, 0.1) is 5.92 Å². The normalized spacial score (nSPS) is 13.0. The van der Waals surface area contributed by atoms with E-state index in [1.54, 1.807) is 0 Å². The van der Waals surface area contributed by atoms with Crippen molar-refractivity contribution in [3.05, 3.63) is 0 Å². The zero-order valence-electron chi connectivity index (χ0n) is 8.77. The topological polar surface area (TPSA) is 29.1 Å². The first kappa shape index (κ1) is 12.9. The summed E-state index contributed by atoms with van der Waals surface area (Å²) in [6, 6.07) is 0. The Labute approximate surface area is 89.6 Å². The van der Waals surface area contributed by atoms with Crippen molar-refractivity contribution in [2.75, 3.05) is 6.54 Å².